The highest BCUT2D eigenvalue weighted by molar-refractivity contribution is 6.31. The zero-order valence-corrected chi connectivity index (χ0v) is 18.6. The van der Waals surface area contributed by atoms with Crippen LogP contribution in [0.25, 0.3) is 6.08 Å². The van der Waals surface area contributed by atoms with Crippen molar-refractivity contribution in [3.05, 3.63) is 99.4 Å². The molecule has 4 rings (SSSR count). The number of anilines is 1. The van der Waals surface area contributed by atoms with Gasteiger partial charge in [0, 0.05) is 6.07 Å². The molecular weight excluding hydrogens is 457 g/mol. The fourth-order valence-electron chi connectivity index (χ4n) is 3.45. The van der Waals surface area contributed by atoms with Crippen LogP contribution in [0.2, 0.25) is 0 Å². The van der Waals surface area contributed by atoms with Gasteiger partial charge in [0.2, 0.25) is 5.75 Å². The number of hydrogen-bond donors (Lipinski definition) is 1. The molecular formula is C25H20FN3O6. The monoisotopic (exact) mass is 477 g/mol. The number of nitro groups is 1. The molecule has 178 valence electrons. The molecule has 0 atom stereocenters. The van der Waals surface area contributed by atoms with Gasteiger partial charge in [-0.15, -0.1) is 0 Å². The van der Waals surface area contributed by atoms with E-state index >= 15 is 0 Å². The van der Waals surface area contributed by atoms with E-state index in [2.05, 4.69) is 5.43 Å². The summed E-state index contributed by atoms with van der Waals surface area (Å²) in [4.78, 5) is 36.5. The number of nitrogens with zero attached hydrogens (tertiary/aromatic N) is 2. The highest BCUT2D eigenvalue weighted by Crippen LogP contribution is 2.40. The van der Waals surface area contributed by atoms with Crippen molar-refractivity contribution in [2.45, 2.75) is 13.5 Å². The molecule has 1 aliphatic rings. The fourth-order valence-corrected chi connectivity index (χ4v) is 3.45. The lowest BCUT2D eigenvalue weighted by atomic mass is 10.1. The molecule has 1 saturated heterocycles. The van der Waals surface area contributed by atoms with Crippen LogP contribution >= 0.6 is 0 Å². The maximum Gasteiger partial charge on any atom is 0.315 e. The van der Waals surface area contributed by atoms with Gasteiger partial charge < -0.3 is 9.47 Å². The predicted molar refractivity (Wildman–Crippen MR) is 125 cm³/mol. The number of rotatable bonds is 8. The average molecular weight is 477 g/mol. The van der Waals surface area contributed by atoms with E-state index in [0.717, 1.165) is 5.01 Å². The van der Waals surface area contributed by atoms with Gasteiger partial charge in [0.05, 0.1) is 17.2 Å². The van der Waals surface area contributed by atoms with E-state index in [-0.39, 0.29) is 35.8 Å². The van der Waals surface area contributed by atoms with Crippen molar-refractivity contribution >= 4 is 29.3 Å². The smallest absolute Gasteiger partial charge is 0.315 e. The molecule has 0 aromatic heterocycles. The minimum atomic E-state index is -0.642. The Labute approximate surface area is 199 Å². The number of nitrogens with one attached hydrogen (secondary N) is 1. The van der Waals surface area contributed by atoms with E-state index in [1.807, 2.05) is 0 Å². The van der Waals surface area contributed by atoms with Gasteiger partial charge in [0.15, 0.2) is 5.75 Å². The molecule has 3 aromatic rings. The van der Waals surface area contributed by atoms with Crippen molar-refractivity contribution in [1.82, 2.24) is 5.43 Å². The SMILES string of the molecule is CCOc1cc(/C=C2/C(=O)NN(c3ccccc3)C2=O)cc([N+](=O)[O-])c1OCc1ccc(F)cc1. The summed E-state index contributed by atoms with van der Waals surface area (Å²) in [5.74, 6) is -1.70. The minimum absolute atomic E-state index is 0.0610. The first-order valence-corrected chi connectivity index (χ1v) is 10.6. The number of hydrogen-bond acceptors (Lipinski definition) is 6. The number of carbonyl (C=O) groups excluding carboxylic acids is 2. The number of para-hydroxylation sites is 1. The second-order valence-corrected chi connectivity index (χ2v) is 7.45. The molecule has 0 bridgehead atoms. The molecule has 3 aromatic carbocycles. The van der Waals surface area contributed by atoms with Crippen LogP contribution in [-0.4, -0.2) is 23.3 Å². The summed E-state index contributed by atoms with van der Waals surface area (Å²) in [6, 6.07) is 16.7. The Morgan fingerprint density at radius 1 is 1.06 bits per heavy atom. The van der Waals surface area contributed by atoms with Gasteiger partial charge in [0.1, 0.15) is 18.0 Å². The lowest BCUT2D eigenvalue weighted by Gasteiger charge is -2.14. The third-order valence-corrected chi connectivity index (χ3v) is 5.07. The molecule has 0 saturated carbocycles. The van der Waals surface area contributed by atoms with Crippen LogP contribution in [-0.2, 0) is 16.2 Å². The van der Waals surface area contributed by atoms with Crippen LogP contribution < -0.4 is 19.9 Å². The van der Waals surface area contributed by atoms with E-state index in [1.165, 1.54) is 42.5 Å². The van der Waals surface area contributed by atoms with Gasteiger partial charge >= 0.3 is 5.69 Å². The summed E-state index contributed by atoms with van der Waals surface area (Å²) in [5.41, 5.74) is 3.17. The zero-order chi connectivity index (χ0) is 24.9. The lowest BCUT2D eigenvalue weighted by Crippen LogP contribution is -2.35. The van der Waals surface area contributed by atoms with Crippen molar-refractivity contribution in [2.24, 2.45) is 0 Å². The Balaban J connectivity index is 1.68. The van der Waals surface area contributed by atoms with Crippen molar-refractivity contribution in [3.63, 3.8) is 0 Å². The van der Waals surface area contributed by atoms with Crippen molar-refractivity contribution in [1.29, 1.82) is 0 Å². The van der Waals surface area contributed by atoms with Crippen molar-refractivity contribution in [3.8, 4) is 11.5 Å². The van der Waals surface area contributed by atoms with Crippen molar-refractivity contribution in [2.75, 3.05) is 11.6 Å². The van der Waals surface area contributed by atoms with E-state index < -0.39 is 28.2 Å². The maximum absolute atomic E-state index is 13.2. The maximum atomic E-state index is 13.2. The normalized spacial score (nSPS) is 14.2. The van der Waals surface area contributed by atoms with Crippen LogP contribution in [0.1, 0.15) is 18.1 Å². The van der Waals surface area contributed by atoms with E-state index in [9.17, 15) is 24.1 Å². The minimum Gasteiger partial charge on any atom is -0.490 e. The van der Waals surface area contributed by atoms with Crippen LogP contribution in [0, 0.1) is 15.9 Å². The Kier molecular flexibility index (Phi) is 6.72. The summed E-state index contributed by atoms with van der Waals surface area (Å²) < 4.78 is 24.4. The Morgan fingerprint density at radius 2 is 1.77 bits per heavy atom. The summed E-state index contributed by atoms with van der Waals surface area (Å²) in [6.45, 7) is 1.83. The number of nitro benzene ring substituents is 1. The van der Waals surface area contributed by atoms with Gasteiger partial charge in [-0.05, 0) is 54.5 Å². The topological polar surface area (TPSA) is 111 Å². The summed E-state index contributed by atoms with van der Waals surface area (Å²) in [6.07, 6.45) is 1.26. The molecule has 2 amide bonds. The summed E-state index contributed by atoms with van der Waals surface area (Å²) in [7, 11) is 0. The molecule has 0 unspecified atom stereocenters. The van der Waals surface area contributed by atoms with Gasteiger partial charge in [0.25, 0.3) is 11.8 Å². The molecule has 1 heterocycles. The first kappa shape index (κ1) is 23.4. The highest BCUT2D eigenvalue weighted by atomic mass is 19.1. The fraction of sp³-hybridized carbons (Fsp3) is 0.120. The van der Waals surface area contributed by atoms with Crippen LogP contribution in [0.4, 0.5) is 15.8 Å². The molecule has 0 aliphatic carbocycles. The first-order valence-electron chi connectivity index (χ1n) is 10.6. The van der Waals surface area contributed by atoms with Crippen LogP contribution in [0.3, 0.4) is 0 Å². The van der Waals surface area contributed by atoms with Crippen LogP contribution in [0.5, 0.6) is 11.5 Å². The third-order valence-electron chi connectivity index (χ3n) is 5.07. The number of halogens is 1. The lowest BCUT2D eigenvalue weighted by molar-refractivity contribution is -0.386. The van der Waals surface area contributed by atoms with E-state index in [1.54, 1.807) is 37.3 Å². The largest absolute Gasteiger partial charge is 0.490 e. The molecule has 0 radical (unpaired) electrons. The predicted octanol–water partition coefficient (Wildman–Crippen LogP) is 4.17. The number of carbonyl (C=O) groups is 2. The molecule has 9 nitrogen and oxygen atoms in total. The summed E-state index contributed by atoms with van der Waals surface area (Å²) >= 11 is 0. The number of ether oxygens (including phenoxy) is 2. The Morgan fingerprint density at radius 3 is 2.43 bits per heavy atom. The molecule has 0 spiro atoms. The molecule has 10 heteroatoms. The molecule has 35 heavy (non-hydrogen) atoms. The van der Waals surface area contributed by atoms with E-state index in [0.29, 0.717) is 11.3 Å². The Bertz CT molecular complexity index is 1310. The first-order chi connectivity index (χ1) is 16.9. The second-order valence-electron chi connectivity index (χ2n) is 7.45. The highest BCUT2D eigenvalue weighted by Gasteiger charge is 2.34. The number of amides is 2. The third kappa shape index (κ3) is 5.11. The van der Waals surface area contributed by atoms with Gasteiger partial charge in [-0.1, -0.05) is 30.3 Å². The molecule has 1 N–H and O–H groups in total. The quantitative estimate of drug-likeness (QED) is 0.226. The molecule has 1 fully saturated rings. The Hall–Kier alpha value is -4.73. The molecule has 1 aliphatic heterocycles. The second kappa shape index (κ2) is 10.0. The number of benzene rings is 3. The van der Waals surface area contributed by atoms with Crippen LogP contribution in [0.15, 0.2) is 72.3 Å². The standard InChI is InChI=1S/C25H20FN3O6/c1-2-34-22-14-17(12-20-24(30)27-28(25(20)31)19-6-4-3-5-7-19)13-21(29(32)33)23(22)35-15-16-8-10-18(26)11-9-16/h3-14H,2,15H2,1H3,(H,27,30)/b20-12-. The average Bonchev–Trinajstić information content (AvgIpc) is 3.13. The van der Waals surface area contributed by atoms with Crippen molar-refractivity contribution < 1.29 is 28.4 Å². The summed E-state index contributed by atoms with van der Waals surface area (Å²) in [5, 5.41) is 12.9. The van der Waals surface area contributed by atoms with Gasteiger partial charge in [-0.25, -0.2) is 9.40 Å². The van der Waals surface area contributed by atoms with E-state index in [4.69, 9.17) is 9.47 Å². The number of hydrazine groups is 1. The van der Waals surface area contributed by atoms with Gasteiger partial charge in [-0.2, -0.15) is 0 Å². The zero-order valence-electron chi connectivity index (χ0n) is 18.6. The van der Waals surface area contributed by atoms with Gasteiger partial charge in [-0.3, -0.25) is 25.1 Å².